The summed E-state index contributed by atoms with van der Waals surface area (Å²) in [7, 11) is -3.68. The van der Waals surface area contributed by atoms with Gasteiger partial charge in [0.2, 0.25) is 10.0 Å². The smallest absolute Gasteiger partial charge is 0.251 e. The molecule has 1 amide bonds. The van der Waals surface area contributed by atoms with Crippen LogP contribution in [0.15, 0.2) is 23.1 Å². The SMILES string of the molecule is CCCNC(=O)c1ccc(Cl)c(S(=O)(=O)N2CCCC(C)C2)c1. The molecule has 2 rings (SSSR count). The molecule has 0 aromatic heterocycles. The van der Waals surface area contributed by atoms with E-state index in [-0.39, 0.29) is 15.8 Å². The van der Waals surface area contributed by atoms with Crippen LogP contribution in [0.5, 0.6) is 0 Å². The molecular weight excluding hydrogens is 336 g/mol. The molecule has 1 aromatic rings. The van der Waals surface area contributed by atoms with E-state index in [1.54, 1.807) is 6.07 Å². The van der Waals surface area contributed by atoms with Crippen molar-refractivity contribution < 1.29 is 13.2 Å². The van der Waals surface area contributed by atoms with Crippen LogP contribution in [0.4, 0.5) is 0 Å². The summed E-state index contributed by atoms with van der Waals surface area (Å²) in [5, 5.41) is 2.89. The third kappa shape index (κ3) is 4.25. The molecule has 1 aliphatic heterocycles. The Morgan fingerprint density at radius 3 is 2.83 bits per heavy atom. The lowest BCUT2D eigenvalue weighted by Crippen LogP contribution is -2.39. The van der Waals surface area contributed by atoms with Crippen molar-refractivity contribution in [3.05, 3.63) is 28.8 Å². The lowest BCUT2D eigenvalue weighted by atomic mass is 10.0. The van der Waals surface area contributed by atoms with Crippen molar-refractivity contribution in [2.45, 2.75) is 38.0 Å². The first-order valence-electron chi connectivity index (χ1n) is 7.94. The summed E-state index contributed by atoms with van der Waals surface area (Å²) in [6.45, 7) is 5.53. The molecule has 1 atom stereocenters. The number of nitrogens with one attached hydrogen (secondary N) is 1. The van der Waals surface area contributed by atoms with Gasteiger partial charge in [-0.1, -0.05) is 25.4 Å². The van der Waals surface area contributed by atoms with Crippen molar-refractivity contribution in [3.8, 4) is 0 Å². The monoisotopic (exact) mass is 358 g/mol. The van der Waals surface area contributed by atoms with Gasteiger partial charge in [-0.2, -0.15) is 4.31 Å². The van der Waals surface area contributed by atoms with Gasteiger partial charge in [0.15, 0.2) is 0 Å². The molecule has 0 bridgehead atoms. The highest BCUT2D eigenvalue weighted by atomic mass is 35.5. The van der Waals surface area contributed by atoms with E-state index in [0.29, 0.717) is 31.1 Å². The van der Waals surface area contributed by atoms with E-state index in [1.165, 1.54) is 16.4 Å². The first-order chi connectivity index (χ1) is 10.9. The van der Waals surface area contributed by atoms with Crippen LogP contribution in [-0.2, 0) is 10.0 Å². The summed E-state index contributed by atoms with van der Waals surface area (Å²) in [5.41, 5.74) is 0.312. The third-order valence-electron chi connectivity index (χ3n) is 3.97. The van der Waals surface area contributed by atoms with Gasteiger partial charge in [0, 0.05) is 25.2 Å². The minimum atomic E-state index is -3.68. The van der Waals surface area contributed by atoms with Gasteiger partial charge in [-0.15, -0.1) is 0 Å². The van der Waals surface area contributed by atoms with Gasteiger partial charge in [-0.05, 0) is 43.4 Å². The van der Waals surface area contributed by atoms with Crippen LogP contribution in [0.1, 0.15) is 43.5 Å². The average Bonchev–Trinajstić information content (AvgIpc) is 2.52. The Labute approximate surface area is 143 Å². The summed E-state index contributed by atoms with van der Waals surface area (Å²) in [4.78, 5) is 12.1. The van der Waals surface area contributed by atoms with Crippen molar-refractivity contribution in [1.82, 2.24) is 9.62 Å². The summed E-state index contributed by atoms with van der Waals surface area (Å²) >= 11 is 6.11. The van der Waals surface area contributed by atoms with Gasteiger partial charge in [0.25, 0.3) is 5.91 Å². The van der Waals surface area contributed by atoms with Crippen LogP contribution in [0.3, 0.4) is 0 Å². The van der Waals surface area contributed by atoms with Gasteiger partial charge in [0.05, 0.1) is 5.02 Å². The minimum Gasteiger partial charge on any atom is -0.352 e. The van der Waals surface area contributed by atoms with E-state index >= 15 is 0 Å². The maximum absolute atomic E-state index is 12.9. The average molecular weight is 359 g/mol. The maximum Gasteiger partial charge on any atom is 0.251 e. The second kappa shape index (κ2) is 7.64. The Morgan fingerprint density at radius 2 is 2.17 bits per heavy atom. The lowest BCUT2D eigenvalue weighted by Gasteiger charge is -2.30. The molecule has 7 heteroatoms. The highest BCUT2D eigenvalue weighted by molar-refractivity contribution is 7.89. The molecule has 1 fully saturated rings. The van der Waals surface area contributed by atoms with Crippen LogP contribution >= 0.6 is 11.6 Å². The Hall–Kier alpha value is -1.11. The lowest BCUT2D eigenvalue weighted by molar-refractivity contribution is 0.0953. The fourth-order valence-electron chi connectivity index (χ4n) is 2.69. The molecule has 23 heavy (non-hydrogen) atoms. The Morgan fingerprint density at radius 1 is 1.43 bits per heavy atom. The number of hydrogen-bond acceptors (Lipinski definition) is 3. The fraction of sp³-hybridized carbons (Fsp3) is 0.562. The molecule has 5 nitrogen and oxygen atoms in total. The Kier molecular flexibility index (Phi) is 6.06. The molecule has 1 N–H and O–H groups in total. The van der Waals surface area contributed by atoms with E-state index in [4.69, 9.17) is 11.6 Å². The molecule has 1 aliphatic rings. The number of amides is 1. The fourth-order valence-corrected chi connectivity index (χ4v) is 4.79. The summed E-state index contributed by atoms with van der Waals surface area (Å²) in [6.07, 6.45) is 2.68. The molecule has 0 radical (unpaired) electrons. The van der Waals surface area contributed by atoms with Crippen LogP contribution in [-0.4, -0.2) is 38.3 Å². The standard InChI is InChI=1S/C16H23ClN2O3S/c1-3-8-18-16(20)13-6-7-14(17)15(10-13)23(21,22)19-9-4-5-12(2)11-19/h6-7,10,12H,3-5,8-9,11H2,1-2H3,(H,18,20). The number of hydrogen-bond donors (Lipinski definition) is 1. The van der Waals surface area contributed by atoms with Gasteiger partial charge < -0.3 is 5.32 Å². The Bertz CT molecular complexity index is 676. The number of piperidine rings is 1. The minimum absolute atomic E-state index is 0.0115. The highest BCUT2D eigenvalue weighted by Crippen LogP contribution is 2.29. The first-order valence-corrected chi connectivity index (χ1v) is 9.76. The van der Waals surface area contributed by atoms with Crippen LogP contribution in [0, 0.1) is 5.92 Å². The largest absolute Gasteiger partial charge is 0.352 e. The second-order valence-electron chi connectivity index (χ2n) is 6.01. The van der Waals surface area contributed by atoms with Crippen molar-refractivity contribution >= 4 is 27.5 Å². The molecule has 1 saturated heterocycles. The highest BCUT2D eigenvalue weighted by Gasteiger charge is 2.30. The number of carbonyl (C=O) groups is 1. The van der Waals surface area contributed by atoms with E-state index < -0.39 is 10.0 Å². The zero-order valence-electron chi connectivity index (χ0n) is 13.5. The number of carbonyl (C=O) groups excluding carboxylic acids is 1. The molecule has 1 aromatic carbocycles. The van der Waals surface area contributed by atoms with Gasteiger partial charge in [-0.3, -0.25) is 4.79 Å². The maximum atomic E-state index is 12.9. The zero-order chi connectivity index (χ0) is 17.0. The quantitative estimate of drug-likeness (QED) is 0.880. The zero-order valence-corrected chi connectivity index (χ0v) is 15.1. The summed E-state index contributed by atoms with van der Waals surface area (Å²) in [5.74, 6) is 0.0420. The second-order valence-corrected chi connectivity index (χ2v) is 8.33. The topological polar surface area (TPSA) is 66.5 Å². The number of halogens is 1. The van der Waals surface area contributed by atoms with E-state index in [1.807, 2.05) is 13.8 Å². The number of benzene rings is 1. The number of sulfonamides is 1. The molecule has 0 saturated carbocycles. The predicted octanol–water partition coefficient (Wildman–Crippen LogP) is 2.90. The van der Waals surface area contributed by atoms with Gasteiger partial charge >= 0.3 is 0 Å². The van der Waals surface area contributed by atoms with Crippen molar-refractivity contribution in [3.63, 3.8) is 0 Å². The predicted molar refractivity (Wildman–Crippen MR) is 91.2 cm³/mol. The van der Waals surface area contributed by atoms with E-state index in [0.717, 1.165) is 19.3 Å². The van der Waals surface area contributed by atoms with Crippen molar-refractivity contribution in [1.29, 1.82) is 0 Å². The molecule has 0 spiro atoms. The summed E-state index contributed by atoms with van der Waals surface area (Å²) in [6, 6.07) is 4.40. The van der Waals surface area contributed by atoms with Crippen LogP contribution < -0.4 is 5.32 Å². The van der Waals surface area contributed by atoms with Crippen molar-refractivity contribution in [2.75, 3.05) is 19.6 Å². The first kappa shape index (κ1) is 18.2. The molecule has 1 heterocycles. The number of nitrogens with zero attached hydrogens (tertiary/aromatic N) is 1. The van der Waals surface area contributed by atoms with Gasteiger partial charge in [0.1, 0.15) is 4.90 Å². The van der Waals surface area contributed by atoms with Crippen LogP contribution in [0.2, 0.25) is 5.02 Å². The van der Waals surface area contributed by atoms with E-state index in [2.05, 4.69) is 5.32 Å². The third-order valence-corrected chi connectivity index (χ3v) is 6.31. The number of rotatable bonds is 5. The molecule has 1 unspecified atom stereocenters. The van der Waals surface area contributed by atoms with Crippen molar-refractivity contribution in [2.24, 2.45) is 5.92 Å². The van der Waals surface area contributed by atoms with Crippen LogP contribution in [0.25, 0.3) is 0 Å². The molecule has 0 aliphatic carbocycles. The molecular formula is C16H23ClN2O3S. The summed E-state index contributed by atoms with van der Waals surface area (Å²) < 4.78 is 27.2. The Balaban J connectivity index is 2.32. The van der Waals surface area contributed by atoms with Gasteiger partial charge in [-0.25, -0.2) is 8.42 Å². The van der Waals surface area contributed by atoms with E-state index in [9.17, 15) is 13.2 Å². The normalized spacial score (nSPS) is 19.5. The molecule has 128 valence electrons.